The molecule has 1 aliphatic rings. The molecule has 0 saturated carbocycles. The standard InChI is InChI=1S/C14H18FNO3/c1-19-12-5-4-10(13(15)7-12)8-16-6-2-3-11(9-16)14(17)18/h4-5,7,11H,2-3,6,8-9H2,1H3,(H,17,18). The fourth-order valence-corrected chi connectivity index (χ4v) is 2.42. The van der Waals surface area contributed by atoms with Crippen molar-refractivity contribution < 1.29 is 19.0 Å². The van der Waals surface area contributed by atoms with Crippen molar-refractivity contribution in [2.45, 2.75) is 19.4 Å². The summed E-state index contributed by atoms with van der Waals surface area (Å²) in [7, 11) is 1.50. The molecular weight excluding hydrogens is 249 g/mol. The van der Waals surface area contributed by atoms with E-state index < -0.39 is 5.97 Å². The van der Waals surface area contributed by atoms with Crippen LogP contribution < -0.4 is 4.74 Å². The van der Waals surface area contributed by atoms with Gasteiger partial charge in [-0.2, -0.15) is 0 Å². The molecule has 0 bridgehead atoms. The van der Waals surface area contributed by atoms with Crippen molar-refractivity contribution in [2.75, 3.05) is 20.2 Å². The highest BCUT2D eigenvalue weighted by Gasteiger charge is 2.25. The molecule has 1 unspecified atom stereocenters. The number of piperidine rings is 1. The molecule has 0 spiro atoms. The Hall–Kier alpha value is -1.62. The van der Waals surface area contributed by atoms with Crippen LogP contribution in [0.5, 0.6) is 5.75 Å². The molecule has 4 nitrogen and oxygen atoms in total. The van der Waals surface area contributed by atoms with Crippen molar-refractivity contribution in [3.8, 4) is 5.75 Å². The van der Waals surface area contributed by atoms with Gasteiger partial charge < -0.3 is 9.84 Å². The first-order valence-electron chi connectivity index (χ1n) is 6.37. The Morgan fingerprint density at radius 3 is 3.00 bits per heavy atom. The first-order valence-corrected chi connectivity index (χ1v) is 6.37. The summed E-state index contributed by atoms with van der Waals surface area (Å²) in [6.45, 7) is 1.75. The highest BCUT2D eigenvalue weighted by atomic mass is 19.1. The van der Waals surface area contributed by atoms with Crippen LogP contribution in [0.4, 0.5) is 4.39 Å². The van der Waals surface area contributed by atoms with E-state index in [1.54, 1.807) is 12.1 Å². The molecule has 0 amide bonds. The van der Waals surface area contributed by atoms with E-state index in [9.17, 15) is 9.18 Å². The van der Waals surface area contributed by atoms with Crippen molar-refractivity contribution in [1.82, 2.24) is 4.90 Å². The molecule has 19 heavy (non-hydrogen) atoms. The second-order valence-electron chi connectivity index (χ2n) is 4.87. The topological polar surface area (TPSA) is 49.8 Å². The van der Waals surface area contributed by atoms with Crippen molar-refractivity contribution in [2.24, 2.45) is 5.92 Å². The molecule has 104 valence electrons. The number of hydrogen-bond donors (Lipinski definition) is 1. The predicted octanol–water partition coefficient (Wildman–Crippen LogP) is 2.13. The van der Waals surface area contributed by atoms with E-state index >= 15 is 0 Å². The maximum Gasteiger partial charge on any atom is 0.307 e. The van der Waals surface area contributed by atoms with Gasteiger partial charge in [0, 0.05) is 24.7 Å². The quantitative estimate of drug-likeness (QED) is 0.908. The van der Waals surface area contributed by atoms with Crippen LogP contribution in [0.1, 0.15) is 18.4 Å². The van der Waals surface area contributed by atoms with E-state index in [1.165, 1.54) is 13.2 Å². The second-order valence-corrected chi connectivity index (χ2v) is 4.87. The van der Waals surface area contributed by atoms with Crippen molar-refractivity contribution in [3.05, 3.63) is 29.6 Å². The molecule has 1 N–H and O–H groups in total. The number of carboxylic acid groups (broad SMARTS) is 1. The molecule has 0 aliphatic carbocycles. The highest BCUT2D eigenvalue weighted by Crippen LogP contribution is 2.22. The SMILES string of the molecule is COc1ccc(CN2CCCC(C(=O)O)C2)c(F)c1. The number of rotatable bonds is 4. The van der Waals surface area contributed by atoms with Crippen molar-refractivity contribution in [3.63, 3.8) is 0 Å². The van der Waals surface area contributed by atoms with Crippen molar-refractivity contribution >= 4 is 5.97 Å². The summed E-state index contributed by atoms with van der Waals surface area (Å²) in [5.74, 6) is -0.921. The maximum atomic E-state index is 13.8. The van der Waals surface area contributed by atoms with Gasteiger partial charge in [-0.25, -0.2) is 4.39 Å². The van der Waals surface area contributed by atoms with E-state index in [4.69, 9.17) is 9.84 Å². The zero-order valence-electron chi connectivity index (χ0n) is 10.9. The first kappa shape index (κ1) is 13.8. The molecule has 1 aromatic carbocycles. The van der Waals surface area contributed by atoms with Gasteiger partial charge in [-0.15, -0.1) is 0 Å². The number of carbonyl (C=O) groups is 1. The normalized spacial score (nSPS) is 20.2. The monoisotopic (exact) mass is 267 g/mol. The first-order chi connectivity index (χ1) is 9.10. The number of carboxylic acids is 1. The maximum absolute atomic E-state index is 13.8. The molecule has 0 aromatic heterocycles. The van der Waals surface area contributed by atoms with Gasteiger partial charge in [0.15, 0.2) is 0 Å². The fraction of sp³-hybridized carbons (Fsp3) is 0.500. The van der Waals surface area contributed by atoms with Crippen LogP contribution >= 0.6 is 0 Å². The average molecular weight is 267 g/mol. The highest BCUT2D eigenvalue weighted by molar-refractivity contribution is 5.70. The van der Waals surface area contributed by atoms with E-state index in [-0.39, 0.29) is 11.7 Å². The lowest BCUT2D eigenvalue weighted by Crippen LogP contribution is -2.38. The number of aliphatic carboxylic acids is 1. The van der Waals surface area contributed by atoms with Gasteiger partial charge in [0.25, 0.3) is 0 Å². The smallest absolute Gasteiger partial charge is 0.307 e. The van der Waals surface area contributed by atoms with Gasteiger partial charge in [0.05, 0.1) is 13.0 Å². The summed E-state index contributed by atoms with van der Waals surface area (Å²) in [4.78, 5) is 13.0. The molecule has 5 heteroatoms. The van der Waals surface area contributed by atoms with E-state index in [1.807, 2.05) is 4.90 Å². The third kappa shape index (κ3) is 3.44. The Balaban J connectivity index is 2.02. The molecule has 0 radical (unpaired) electrons. The van der Waals surface area contributed by atoms with E-state index in [2.05, 4.69) is 0 Å². The molecule has 1 atom stereocenters. The average Bonchev–Trinajstić information content (AvgIpc) is 2.41. The van der Waals surface area contributed by atoms with Gasteiger partial charge in [0.2, 0.25) is 0 Å². The molecular formula is C14H18FNO3. The summed E-state index contributed by atoms with van der Waals surface area (Å²) >= 11 is 0. The number of likely N-dealkylation sites (tertiary alicyclic amines) is 1. The summed E-state index contributed by atoms with van der Waals surface area (Å²) in [6.07, 6.45) is 1.55. The molecule has 2 rings (SSSR count). The zero-order valence-corrected chi connectivity index (χ0v) is 10.9. The fourth-order valence-electron chi connectivity index (χ4n) is 2.42. The summed E-state index contributed by atoms with van der Waals surface area (Å²) in [5, 5.41) is 9.03. The van der Waals surface area contributed by atoms with Crippen LogP contribution in [-0.4, -0.2) is 36.2 Å². The van der Waals surface area contributed by atoms with Gasteiger partial charge in [0.1, 0.15) is 11.6 Å². The third-order valence-electron chi connectivity index (χ3n) is 3.51. The minimum Gasteiger partial charge on any atom is -0.497 e. The Kier molecular flexibility index (Phi) is 4.37. The zero-order chi connectivity index (χ0) is 13.8. The lowest BCUT2D eigenvalue weighted by atomic mass is 9.98. The summed E-state index contributed by atoms with van der Waals surface area (Å²) in [5.41, 5.74) is 0.576. The molecule has 1 saturated heterocycles. The van der Waals surface area contributed by atoms with Gasteiger partial charge in [-0.1, -0.05) is 6.07 Å². The van der Waals surface area contributed by atoms with Crippen LogP contribution in [0.15, 0.2) is 18.2 Å². The Morgan fingerprint density at radius 1 is 1.58 bits per heavy atom. The molecule has 1 fully saturated rings. The third-order valence-corrected chi connectivity index (χ3v) is 3.51. The van der Waals surface area contributed by atoms with Crippen LogP contribution in [-0.2, 0) is 11.3 Å². The predicted molar refractivity (Wildman–Crippen MR) is 68.6 cm³/mol. The molecule has 1 aliphatic heterocycles. The minimum atomic E-state index is -0.764. The molecule has 1 heterocycles. The number of nitrogens with zero attached hydrogens (tertiary/aromatic N) is 1. The summed E-state index contributed by atoms with van der Waals surface area (Å²) in [6, 6.07) is 4.77. The Bertz CT molecular complexity index is 464. The van der Waals surface area contributed by atoms with Gasteiger partial charge >= 0.3 is 5.97 Å². The van der Waals surface area contributed by atoms with Crippen LogP contribution in [0, 0.1) is 11.7 Å². The van der Waals surface area contributed by atoms with Crippen molar-refractivity contribution in [1.29, 1.82) is 0 Å². The second kappa shape index (κ2) is 6.02. The van der Waals surface area contributed by atoms with E-state index in [0.29, 0.717) is 30.8 Å². The number of hydrogen-bond acceptors (Lipinski definition) is 3. The van der Waals surface area contributed by atoms with Crippen LogP contribution in [0.25, 0.3) is 0 Å². The largest absolute Gasteiger partial charge is 0.497 e. The Labute approximate surface area is 111 Å². The number of halogens is 1. The van der Waals surface area contributed by atoms with Gasteiger partial charge in [-0.05, 0) is 25.5 Å². The lowest BCUT2D eigenvalue weighted by molar-refractivity contribution is -0.143. The Morgan fingerprint density at radius 2 is 2.37 bits per heavy atom. The minimum absolute atomic E-state index is 0.309. The molecule has 1 aromatic rings. The number of methoxy groups -OCH3 is 1. The lowest BCUT2D eigenvalue weighted by Gasteiger charge is -2.30. The van der Waals surface area contributed by atoms with E-state index in [0.717, 1.165) is 13.0 Å². The van der Waals surface area contributed by atoms with Gasteiger partial charge in [-0.3, -0.25) is 9.69 Å². The van der Waals surface area contributed by atoms with Crippen LogP contribution in [0.3, 0.4) is 0 Å². The number of benzene rings is 1. The summed E-state index contributed by atoms with van der Waals surface area (Å²) < 4.78 is 18.8. The van der Waals surface area contributed by atoms with Crippen LogP contribution in [0.2, 0.25) is 0 Å². The number of ether oxygens (including phenoxy) is 1.